The summed E-state index contributed by atoms with van der Waals surface area (Å²) in [7, 11) is -3.44. The maximum absolute atomic E-state index is 13.7. The summed E-state index contributed by atoms with van der Waals surface area (Å²) in [6, 6.07) is 14.7. The fourth-order valence-corrected chi connectivity index (χ4v) is 5.50. The normalized spacial score (nSPS) is 16.8. The molecule has 3 N–H and O–H groups in total. The highest BCUT2D eigenvalue weighted by Crippen LogP contribution is 2.49. The highest BCUT2D eigenvalue weighted by Gasteiger charge is 2.74. The lowest BCUT2D eigenvalue weighted by atomic mass is 9.89. The average Bonchev–Trinajstić information content (AvgIpc) is 3.32. The van der Waals surface area contributed by atoms with Gasteiger partial charge in [0.2, 0.25) is 0 Å². The Morgan fingerprint density at radius 1 is 1.00 bits per heavy atom. The molecule has 3 aromatic carbocycles. The smallest absolute Gasteiger partial charge is 0.398 e. The molecular weight excluding hydrogens is 584 g/mol. The minimum absolute atomic E-state index is 0.00627. The molecule has 1 heterocycles. The van der Waals surface area contributed by atoms with E-state index >= 15 is 0 Å². The number of hydrogen-bond donors (Lipinski definition) is 2. The van der Waals surface area contributed by atoms with Crippen molar-refractivity contribution in [3.63, 3.8) is 0 Å². The van der Waals surface area contributed by atoms with Crippen LogP contribution in [0.2, 0.25) is 5.02 Å². The monoisotopic (exact) mass is 605 g/mol. The molecule has 214 valence electrons. The SMILES string of the molecule is CCS(=O)(=O)c1ccc(-c2ccc(C3CC(C(O)(C(F)(F)F)C(F)(F)F)=NN3c3ccccc3Cl)cc2N)cc1. The highest BCUT2D eigenvalue weighted by molar-refractivity contribution is 7.91. The first kappa shape index (κ1) is 29.7. The van der Waals surface area contributed by atoms with Gasteiger partial charge in [0.1, 0.15) is 0 Å². The molecule has 0 aliphatic carbocycles. The van der Waals surface area contributed by atoms with Gasteiger partial charge in [0.25, 0.3) is 5.60 Å². The second-order valence-electron chi connectivity index (χ2n) is 9.04. The Labute approximate surface area is 230 Å². The van der Waals surface area contributed by atoms with E-state index in [2.05, 4.69) is 5.10 Å². The second kappa shape index (κ2) is 10.3. The van der Waals surface area contributed by atoms with Crippen LogP contribution in [-0.2, 0) is 9.84 Å². The summed E-state index contributed by atoms with van der Waals surface area (Å²) in [6.45, 7) is 1.51. The Morgan fingerprint density at radius 3 is 2.12 bits per heavy atom. The lowest BCUT2D eigenvalue weighted by molar-refractivity contribution is -0.338. The molecule has 3 aromatic rings. The third-order valence-corrected chi connectivity index (χ3v) is 8.68. The number of sulfone groups is 1. The van der Waals surface area contributed by atoms with Crippen LogP contribution in [0.15, 0.2) is 76.7 Å². The minimum Gasteiger partial charge on any atom is -0.398 e. The van der Waals surface area contributed by atoms with E-state index in [0.717, 1.165) is 5.01 Å². The average molecular weight is 606 g/mol. The second-order valence-corrected chi connectivity index (χ2v) is 11.7. The number of rotatable bonds is 6. The molecule has 0 aromatic heterocycles. The molecule has 1 aliphatic rings. The van der Waals surface area contributed by atoms with Gasteiger partial charge in [-0.05, 0) is 41.5 Å². The number of alkyl halides is 6. The van der Waals surface area contributed by atoms with Gasteiger partial charge >= 0.3 is 12.4 Å². The summed E-state index contributed by atoms with van der Waals surface area (Å²) in [5, 5.41) is 14.5. The van der Waals surface area contributed by atoms with Gasteiger partial charge in [0, 0.05) is 17.7 Å². The Morgan fingerprint density at radius 2 is 1.60 bits per heavy atom. The van der Waals surface area contributed by atoms with Crippen LogP contribution in [0.25, 0.3) is 11.1 Å². The molecule has 0 radical (unpaired) electrons. The van der Waals surface area contributed by atoms with E-state index in [0.29, 0.717) is 11.1 Å². The van der Waals surface area contributed by atoms with E-state index in [9.17, 15) is 39.9 Å². The van der Waals surface area contributed by atoms with Crippen molar-refractivity contribution in [2.24, 2.45) is 5.10 Å². The first-order valence-corrected chi connectivity index (χ1v) is 13.7. The van der Waals surface area contributed by atoms with Crippen LogP contribution in [-0.4, -0.2) is 42.9 Å². The van der Waals surface area contributed by atoms with Crippen LogP contribution in [0.1, 0.15) is 24.9 Å². The lowest BCUT2D eigenvalue weighted by Crippen LogP contribution is -2.62. The molecule has 4 rings (SSSR count). The van der Waals surface area contributed by atoms with Crippen molar-refractivity contribution in [2.45, 2.75) is 42.2 Å². The molecule has 0 amide bonds. The molecule has 0 saturated heterocycles. The van der Waals surface area contributed by atoms with Gasteiger partial charge in [-0.15, -0.1) is 0 Å². The van der Waals surface area contributed by atoms with E-state index in [1.54, 1.807) is 0 Å². The molecule has 14 heteroatoms. The summed E-state index contributed by atoms with van der Waals surface area (Å²) < 4.78 is 106. The number of benzene rings is 3. The van der Waals surface area contributed by atoms with Crippen molar-refractivity contribution in [2.75, 3.05) is 16.5 Å². The zero-order chi connectivity index (χ0) is 29.7. The molecule has 1 unspecified atom stereocenters. The fourth-order valence-electron chi connectivity index (χ4n) is 4.40. The maximum Gasteiger partial charge on any atom is 0.431 e. The highest BCUT2D eigenvalue weighted by atomic mass is 35.5. The summed E-state index contributed by atoms with van der Waals surface area (Å²) in [5.41, 5.74) is 0.830. The number of hydrogen-bond acceptors (Lipinski definition) is 6. The third-order valence-electron chi connectivity index (χ3n) is 6.61. The molecule has 0 spiro atoms. The zero-order valence-electron chi connectivity index (χ0n) is 20.6. The van der Waals surface area contributed by atoms with Crippen LogP contribution in [0, 0.1) is 0 Å². The van der Waals surface area contributed by atoms with E-state index in [1.165, 1.54) is 73.7 Å². The van der Waals surface area contributed by atoms with Crippen molar-refractivity contribution in [1.29, 1.82) is 0 Å². The minimum atomic E-state index is -6.11. The maximum atomic E-state index is 13.7. The number of para-hydroxylation sites is 1. The molecular formula is C26H22ClF6N3O3S. The topological polar surface area (TPSA) is 96.0 Å². The van der Waals surface area contributed by atoms with Crippen LogP contribution in [0.4, 0.5) is 37.7 Å². The number of halogens is 7. The lowest BCUT2D eigenvalue weighted by Gasteiger charge is -2.32. The van der Waals surface area contributed by atoms with E-state index < -0.39 is 46.0 Å². The van der Waals surface area contributed by atoms with E-state index in [4.69, 9.17) is 17.3 Å². The van der Waals surface area contributed by atoms with Gasteiger partial charge in [0.05, 0.1) is 33.1 Å². The van der Waals surface area contributed by atoms with Gasteiger partial charge < -0.3 is 10.8 Å². The Bertz CT molecular complexity index is 1540. The first-order valence-electron chi connectivity index (χ1n) is 11.7. The Hall–Kier alpha value is -3.29. The summed E-state index contributed by atoms with van der Waals surface area (Å²) in [5.74, 6) is -0.0889. The predicted octanol–water partition coefficient (Wildman–Crippen LogP) is 6.55. The molecule has 1 aliphatic heterocycles. The Kier molecular flexibility index (Phi) is 7.63. The number of nitrogens with two attached hydrogens (primary N) is 1. The molecule has 0 fully saturated rings. The van der Waals surface area contributed by atoms with Crippen molar-refractivity contribution >= 4 is 38.5 Å². The van der Waals surface area contributed by atoms with Crippen molar-refractivity contribution in [3.8, 4) is 11.1 Å². The fraction of sp³-hybridized carbons (Fsp3) is 0.269. The molecule has 1 atom stereocenters. The molecule has 0 bridgehead atoms. The third kappa shape index (κ3) is 5.13. The summed E-state index contributed by atoms with van der Waals surface area (Å²) >= 11 is 6.21. The number of aliphatic hydroxyl groups is 1. The van der Waals surface area contributed by atoms with Gasteiger partial charge in [-0.2, -0.15) is 31.4 Å². The first-order chi connectivity index (χ1) is 18.5. The number of hydrazone groups is 1. The largest absolute Gasteiger partial charge is 0.431 e. The van der Waals surface area contributed by atoms with Crippen molar-refractivity contribution in [1.82, 2.24) is 0 Å². The van der Waals surface area contributed by atoms with Crippen LogP contribution >= 0.6 is 11.6 Å². The molecule has 6 nitrogen and oxygen atoms in total. The number of nitrogen functional groups attached to an aromatic ring is 1. The summed E-state index contributed by atoms with van der Waals surface area (Å²) in [6.07, 6.45) is -13.2. The number of nitrogens with zero attached hydrogens (tertiary/aromatic N) is 2. The van der Waals surface area contributed by atoms with Crippen LogP contribution < -0.4 is 10.7 Å². The van der Waals surface area contributed by atoms with E-state index in [-0.39, 0.29) is 32.6 Å². The van der Waals surface area contributed by atoms with E-state index in [1.807, 2.05) is 0 Å². The molecule has 0 saturated carbocycles. The van der Waals surface area contributed by atoms with Gasteiger partial charge in [-0.3, -0.25) is 5.01 Å². The quantitative estimate of drug-likeness (QED) is 0.246. The number of anilines is 2. The molecule has 40 heavy (non-hydrogen) atoms. The predicted molar refractivity (Wildman–Crippen MR) is 140 cm³/mol. The van der Waals surface area contributed by atoms with Gasteiger partial charge in [-0.1, -0.05) is 54.9 Å². The zero-order valence-corrected chi connectivity index (χ0v) is 22.2. The van der Waals surface area contributed by atoms with Crippen molar-refractivity contribution < 1.29 is 39.9 Å². The van der Waals surface area contributed by atoms with Gasteiger partial charge in [-0.25, -0.2) is 8.42 Å². The van der Waals surface area contributed by atoms with Crippen LogP contribution in [0.5, 0.6) is 0 Å². The van der Waals surface area contributed by atoms with Crippen LogP contribution in [0.3, 0.4) is 0 Å². The van der Waals surface area contributed by atoms with Gasteiger partial charge in [0.15, 0.2) is 9.84 Å². The summed E-state index contributed by atoms with van der Waals surface area (Å²) in [4.78, 5) is 0.113. The standard InChI is InChI=1S/C26H22ClF6N3O3S/c1-2-40(38,39)17-10-7-15(8-11-17)18-12-9-16(13-20(18)34)22-14-23(24(37,25(28,29)30)26(31,32)33)35-36(22)21-6-4-3-5-19(21)27/h3-13,22,37H,2,14,34H2,1H3. The Balaban J connectivity index is 1.78. The van der Waals surface area contributed by atoms with Crippen molar-refractivity contribution in [3.05, 3.63) is 77.3 Å².